The highest BCUT2D eigenvalue weighted by molar-refractivity contribution is 5.87. The molecule has 1 aliphatic heterocycles. The zero-order chi connectivity index (χ0) is 19.3. The third-order valence-electron chi connectivity index (χ3n) is 4.29. The molecule has 0 radical (unpaired) electrons. The Bertz CT molecular complexity index is 674. The third-order valence-corrected chi connectivity index (χ3v) is 4.29. The van der Waals surface area contributed by atoms with Gasteiger partial charge in [-0.1, -0.05) is 13.8 Å². The Kier molecular flexibility index (Phi) is 10.7. The molecule has 0 saturated carbocycles. The van der Waals surface area contributed by atoms with Gasteiger partial charge in [0, 0.05) is 25.2 Å². The molecule has 1 aromatic rings. The number of likely N-dealkylation sites (tertiary alicyclic amines) is 1. The summed E-state index contributed by atoms with van der Waals surface area (Å²) < 4.78 is 0. The first-order valence-electron chi connectivity index (χ1n) is 8.46. The fourth-order valence-electron chi connectivity index (χ4n) is 2.59. The van der Waals surface area contributed by atoms with Crippen molar-refractivity contribution in [2.45, 2.75) is 32.4 Å². The summed E-state index contributed by atoms with van der Waals surface area (Å²) >= 11 is 0. The Labute approximate surface area is 175 Å². The van der Waals surface area contributed by atoms with Crippen LogP contribution in [-0.2, 0) is 9.59 Å². The summed E-state index contributed by atoms with van der Waals surface area (Å²) in [5.74, 6) is 0.0124. The van der Waals surface area contributed by atoms with Crippen molar-refractivity contribution in [3.05, 3.63) is 28.4 Å². The molecule has 1 aromatic heterocycles. The quantitative estimate of drug-likeness (QED) is 0.426. The summed E-state index contributed by atoms with van der Waals surface area (Å²) in [5.41, 5.74) is 5.67. The lowest BCUT2D eigenvalue weighted by atomic mass is 10.1. The molecule has 4 N–H and O–H groups in total. The van der Waals surface area contributed by atoms with Gasteiger partial charge in [-0.05, 0) is 18.4 Å². The Morgan fingerprint density at radius 2 is 2.07 bits per heavy atom. The fourth-order valence-corrected chi connectivity index (χ4v) is 2.59. The van der Waals surface area contributed by atoms with Gasteiger partial charge in [0.05, 0.1) is 17.5 Å². The number of nitrogens with one attached hydrogen (secondary N) is 2. The number of nitro groups is 1. The minimum atomic E-state index is -0.635. The third kappa shape index (κ3) is 7.10. The molecule has 1 unspecified atom stereocenters. The van der Waals surface area contributed by atoms with Gasteiger partial charge in [0.1, 0.15) is 12.0 Å². The molecule has 2 rings (SSSR count). The molecule has 158 valence electrons. The van der Waals surface area contributed by atoms with Gasteiger partial charge in [-0.25, -0.2) is 4.98 Å². The van der Waals surface area contributed by atoms with Gasteiger partial charge in [-0.3, -0.25) is 19.7 Å². The van der Waals surface area contributed by atoms with Crippen molar-refractivity contribution < 1.29 is 14.5 Å². The van der Waals surface area contributed by atoms with Crippen molar-refractivity contribution >= 4 is 48.1 Å². The van der Waals surface area contributed by atoms with Gasteiger partial charge >= 0.3 is 0 Å². The van der Waals surface area contributed by atoms with Crippen LogP contribution >= 0.6 is 24.8 Å². The molecular weight excluding hydrogens is 411 g/mol. The summed E-state index contributed by atoms with van der Waals surface area (Å²) in [6, 6.07) is 2.28. The first kappa shape index (κ1) is 25.8. The predicted molar refractivity (Wildman–Crippen MR) is 110 cm³/mol. The zero-order valence-corrected chi connectivity index (χ0v) is 17.3. The van der Waals surface area contributed by atoms with Crippen LogP contribution in [0.25, 0.3) is 0 Å². The van der Waals surface area contributed by atoms with Crippen LogP contribution in [0.4, 0.5) is 11.5 Å². The van der Waals surface area contributed by atoms with Gasteiger partial charge in [-0.2, -0.15) is 0 Å². The molecule has 2 heterocycles. The number of hydrogen-bond acceptors (Lipinski definition) is 7. The second-order valence-corrected chi connectivity index (χ2v) is 6.62. The van der Waals surface area contributed by atoms with Crippen molar-refractivity contribution in [3.63, 3.8) is 0 Å². The van der Waals surface area contributed by atoms with Crippen molar-refractivity contribution in [3.8, 4) is 0 Å². The second kappa shape index (κ2) is 11.6. The molecular formula is C16H26Cl2N6O4. The maximum Gasteiger partial charge on any atom is 0.287 e. The van der Waals surface area contributed by atoms with E-state index in [9.17, 15) is 19.7 Å². The van der Waals surface area contributed by atoms with E-state index in [1.165, 1.54) is 18.3 Å². The summed E-state index contributed by atoms with van der Waals surface area (Å²) in [6.07, 6.45) is 1.91. The van der Waals surface area contributed by atoms with E-state index in [2.05, 4.69) is 15.6 Å². The number of nitrogens with zero attached hydrogens (tertiary/aromatic N) is 3. The lowest BCUT2D eigenvalue weighted by Crippen LogP contribution is -2.47. The number of nitrogens with two attached hydrogens (primary N) is 1. The molecule has 0 aromatic carbocycles. The number of anilines is 1. The van der Waals surface area contributed by atoms with Crippen LogP contribution in [0.2, 0.25) is 0 Å². The van der Waals surface area contributed by atoms with Gasteiger partial charge in [0.25, 0.3) is 5.69 Å². The van der Waals surface area contributed by atoms with E-state index in [0.717, 1.165) is 6.42 Å². The van der Waals surface area contributed by atoms with Crippen LogP contribution in [0.5, 0.6) is 0 Å². The first-order valence-corrected chi connectivity index (χ1v) is 8.46. The van der Waals surface area contributed by atoms with Crippen LogP contribution < -0.4 is 16.4 Å². The summed E-state index contributed by atoms with van der Waals surface area (Å²) in [6.45, 7) is 4.64. The lowest BCUT2D eigenvalue weighted by Gasteiger charge is -2.19. The Hall–Kier alpha value is -2.17. The van der Waals surface area contributed by atoms with E-state index in [4.69, 9.17) is 5.73 Å². The maximum atomic E-state index is 12.2. The highest BCUT2D eigenvalue weighted by atomic mass is 35.5. The van der Waals surface area contributed by atoms with Crippen molar-refractivity contribution in [2.75, 3.05) is 25.0 Å². The molecule has 10 nitrogen and oxygen atoms in total. The van der Waals surface area contributed by atoms with Crippen LogP contribution in [-0.4, -0.2) is 58.3 Å². The van der Waals surface area contributed by atoms with Gasteiger partial charge in [0.15, 0.2) is 0 Å². The number of pyridine rings is 1. The van der Waals surface area contributed by atoms with Gasteiger partial charge in [0.2, 0.25) is 11.8 Å². The van der Waals surface area contributed by atoms with Crippen molar-refractivity contribution in [2.24, 2.45) is 11.7 Å². The number of halogens is 2. The van der Waals surface area contributed by atoms with Gasteiger partial charge < -0.3 is 21.3 Å². The van der Waals surface area contributed by atoms with Crippen LogP contribution in [0.3, 0.4) is 0 Å². The fraction of sp³-hybridized carbons (Fsp3) is 0.562. The normalized spacial score (nSPS) is 16.6. The smallest absolute Gasteiger partial charge is 0.287 e. The van der Waals surface area contributed by atoms with E-state index < -0.39 is 11.0 Å². The molecule has 1 aliphatic rings. The SMILES string of the molecule is CC(C)[C@H](N)C(=O)NCC(=O)N1CCC(Nc2ccc([N+](=O)[O-])cn2)C1.Cl.Cl. The number of hydrogen-bond donors (Lipinski definition) is 3. The van der Waals surface area contributed by atoms with E-state index in [0.29, 0.717) is 18.9 Å². The Morgan fingerprint density at radius 1 is 1.39 bits per heavy atom. The molecule has 12 heteroatoms. The molecule has 0 spiro atoms. The first-order chi connectivity index (χ1) is 12.3. The minimum Gasteiger partial charge on any atom is -0.365 e. The van der Waals surface area contributed by atoms with E-state index in [-0.39, 0.29) is 60.8 Å². The van der Waals surface area contributed by atoms with E-state index >= 15 is 0 Å². The van der Waals surface area contributed by atoms with E-state index in [1.54, 1.807) is 4.90 Å². The van der Waals surface area contributed by atoms with E-state index in [1.807, 2.05) is 13.8 Å². The lowest BCUT2D eigenvalue weighted by molar-refractivity contribution is -0.385. The minimum absolute atomic E-state index is 0. The monoisotopic (exact) mass is 436 g/mol. The van der Waals surface area contributed by atoms with Crippen LogP contribution in [0.1, 0.15) is 20.3 Å². The Balaban J connectivity index is 0.00000364. The summed E-state index contributed by atoms with van der Waals surface area (Å²) in [5, 5.41) is 16.4. The summed E-state index contributed by atoms with van der Waals surface area (Å²) in [7, 11) is 0. The summed E-state index contributed by atoms with van der Waals surface area (Å²) in [4.78, 5) is 39.8. The van der Waals surface area contributed by atoms with Crippen LogP contribution in [0.15, 0.2) is 18.3 Å². The molecule has 2 amide bonds. The predicted octanol–water partition coefficient (Wildman–Crippen LogP) is 0.946. The highest BCUT2D eigenvalue weighted by Crippen LogP contribution is 2.16. The number of aromatic nitrogens is 1. The second-order valence-electron chi connectivity index (χ2n) is 6.62. The maximum absolute atomic E-state index is 12.2. The standard InChI is InChI=1S/C16H24N6O4.2ClH/c1-10(2)15(17)16(24)19-8-14(23)21-6-5-11(9-21)20-13-4-3-12(7-18-13)22(25)26;;/h3-4,7,10-11,15H,5-6,8-9,17H2,1-2H3,(H,18,20)(H,19,24);2*1H/t11?,15-;;/m0../s1. The topological polar surface area (TPSA) is 143 Å². The van der Waals surface area contributed by atoms with Crippen molar-refractivity contribution in [1.29, 1.82) is 0 Å². The molecule has 0 bridgehead atoms. The number of rotatable bonds is 7. The molecule has 0 aliphatic carbocycles. The molecule has 1 saturated heterocycles. The number of carbonyl (C=O) groups is 2. The molecule has 1 fully saturated rings. The molecule has 28 heavy (non-hydrogen) atoms. The van der Waals surface area contributed by atoms with Gasteiger partial charge in [-0.15, -0.1) is 24.8 Å². The number of amides is 2. The zero-order valence-electron chi connectivity index (χ0n) is 15.7. The average molecular weight is 437 g/mol. The average Bonchev–Trinajstić information content (AvgIpc) is 3.07. The Morgan fingerprint density at radius 3 is 2.61 bits per heavy atom. The highest BCUT2D eigenvalue weighted by Gasteiger charge is 2.27. The van der Waals surface area contributed by atoms with Crippen LogP contribution in [0, 0.1) is 16.0 Å². The largest absolute Gasteiger partial charge is 0.365 e. The van der Waals surface area contributed by atoms with Crippen molar-refractivity contribution in [1.82, 2.24) is 15.2 Å². The molecule has 2 atom stereocenters. The number of carbonyl (C=O) groups excluding carboxylic acids is 2.